The van der Waals surface area contributed by atoms with Crippen LogP contribution >= 0.6 is 0 Å². The second kappa shape index (κ2) is 10.7. The Balaban J connectivity index is 1.30. The molecule has 0 bridgehead atoms. The summed E-state index contributed by atoms with van der Waals surface area (Å²) in [5.41, 5.74) is 5.37. The lowest BCUT2D eigenvalue weighted by Gasteiger charge is -2.17. The van der Waals surface area contributed by atoms with E-state index >= 15 is 0 Å². The lowest BCUT2D eigenvalue weighted by atomic mass is 9.98. The smallest absolute Gasteiger partial charge is 0.407 e. The number of alkyl carbamates (subject to hydrolysis) is 1. The molecule has 0 spiro atoms. The Kier molecular flexibility index (Phi) is 7.22. The summed E-state index contributed by atoms with van der Waals surface area (Å²) in [6, 6.07) is 24.5. The van der Waals surface area contributed by atoms with E-state index in [0.29, 0.717) is 0 Å². The highest BCUT2D eigenvalue weighted by molar-refractivity contribution is 5.87. The van der Waals surface area contributed by atoms with E-state index in [1.165, 1.54) is 7.11 Å². The third-order valence-corrected chi connectivity index (χ3v) is 5.84. The van der Waals surface area contributed by atoms with Gasteiger partial charge in [0.2, 0.25) is 5.91 Å². The number of hydrogen-bond acceptors (Lipinski definition) is 5. The molecule has 0 heterocycles. The van der Waals surface area contributed by atoms with Gasteiger partial charge in [-0.05, 0) is 27.8 Å². The average Bonchev–Trinajstić information content (AvgIpc) is 3.19. The van der Waals surface area contributed by atoms with E-state index in [2.05, 4.69) is 22.8 Å². The molecule has 1 aliphatic rings. The molecule has 2 amide bonds. The van der Waals surface area contributed by atoms with Crippen LogP contribution in [0.5, 0.6) is 0 Å². The quantitative estimate of drug-likeness (QED) is 0.505. The van der Waals surface area contributed by atoms with Gasteiger partial charge < -0.3 is 20.1 Å². The molecule has 7 heteroatoms. The second-order valence-electron chi connectivity index (χ2n) is 8.01. The third kappa shape index (κ3) is 5.26. The molecule has 2 N–H and O–H groups in total. The van der Waals surface area contributed by atoms with Gasteiger partial charge in [0, 0.05) is 12.3 Å². The van der Waals surface area contributed by atoms with Crippen LogP contribution in [0, 0.1) is 0 Å². The van der Waals surface area contributed by atoms with Crippen LogP contribution in [0.4, 0.5) is 4.79 Å². The fourth-order valence-electron chi connectivity index (χ4n) is 4.23. The minimum Gasteiger partial charge on any atom is -0.467 e. The van der Waals surface area contributed by atoms with Gasteiger partial charge in [-0.15, -0.1) is 0 Å². The van der Waals surface area contributed by atoms with Crippen LogP contribution in [0.1, 0.15) is 22.6 Å². The van der Waals surface area contributed by atoms with Crippen LogP contribution in [-0.4, -0.2) is 44.3 Å². The van der Waals surface area contributed by atoms with Crippen molar-refractivity contribution < 1.29 is 23.9 Å². The molecule has 174 valence electrons. The summed E-state index contributed by atoms with van der Waals surface area (Å²) < 4.78 is 10.2. The molecule has 4 rings (SSSR count). The summed E-state index contributed by atoms with van der Waals surface area (Å²) in [6.45, 7) is -0.167. The van der Waals surface area contributed by atoms with E-state index in [1.807, 2.05) is 66.7 Å². The number of rotatable bonds is 8. The normalized spacial score (nSPS) is 12.7. The summed E-state index contributed by atoms with van der Waals surface area (Å²) in [5.74, 6) is -1.14. The summed E-state index contributed by atoms with van der Waals surface area (Å²) in [7, 11) is 1.27. The maximum absolute atomic E-state index is 12.4. The standard InChI is InChI=1S/C27H26N2O5/c1-33-26(31)24(15-18-9-3-2-4-10-18)29-25(30)16-28-27(32)34-17-23-21-13-7-5-11-19(21)20-12-6-8-14-22(20)23/h2-14,23-24H,15-17H2,1H3,(H,28,32)(H,29,30)/t24-/m1/s1. The Morgan fingerprint density at radius 3 is 2.06 bits per heavy atom. The van der Waals surface area contributed by atoms with Crippen molar-refractivity contribution in [3.05, 3.63) is 95.6 Å². The number of carbonyl (C=O) groups excluding carboxylic acids is 3. The van der Waals surface area contributed by atoms with Crippen molar-refractivity contribution in [1.82, 2.24) is 10.6 Å². The van der Waals surface area contributed by atoms with Gasteiger partial charge in [0.25, 0.3) is 0 Å². The molecule has 3 aromatic carbocycles. The Morgan fingerprint density at radius 2 is 1.44 bits per heavy atom. The lowest BCUT2D eigenvalue weighted by molar-refractivity contribution is -0.144. The maximum atomic E-state index is 12.4. The predicted molar refractivity (Wildman–Crippen MR) is 127 cm³/mol. The number of esters is 1. The molecule has 0 saturated carbocycles. The van der Waals surface area contributed by atoms with Crippen LogP contribution in [0.2, 0.25) is 0 Å². The Bertz CT molecular complexity index is 1130. The van der Waals surface area contributed by atoms with Gasteiger partial charge in [-0.2, -0.15) is 0 Å². The van der Waals surface area contributed by atoms with Gasteiger partial charge in [0.15, 0.2) is 0 Å². The largest absolute Gasteiger partial charge is 0.467 e. The molecule has 0 radical (unpaired) electrons. The van der Waals surface area contributed by atoms with Crippen molar-refractivity contribution in [1.29, 1.82) is 0 Å². The monoisotopic (exact) mass is 458 g/mol. The number of ether oxygens (including phenoxy) is 2. The van der Waals surface area contributed by atoms with Crippen LogP contribution in [0.15, 0.2) is 78.9 Å². The fraction of sp³-hybridized carbons (Fsp3) is 0.222. The van der Waals surface area contributed by atoms with Gasteiger partial charge in [0.05, 0.1) is 7.11 Å². The first-order valence-corrected chi connectivity index (χ1v) is 11.1. The molecule has 1 aliphatic carbocycles. The van der Waals surface area contributed by atoms with Gasteiger partial charge >= 0.3 is 12.1 Å². The van der Waals surface area contributed by atoms with Crippen molar-refractivity contribution >= 4 is 18.0 Å². The molecular weight excluding hydrogens is 432 g/mol. The zero-order valence-electron chi connectivity index (χ0n) is 18.8. The maximum Gasteiger partial charge on any atom is 0.407 e. The first-order valence-electron chi connectivity index (χ1n) is 11.1. The molecule has 0 saturated heterocycles. The summed E-state index contributed by atoms with van der Waals surface area (Å²) >= 11 is 0. The van der Waals surface area contributed by atoms with E-state index in [9.17, 15) is 14.4 Å². The minimum absolute atomic E-state index is 0.0680. The molecule has 34 heavy (non-hydrogen) atoms. The van der Waals surface area contributed by atoms with Crippen LogP contribution in [-0.2, 0) is 25.5 Å². The molecule has 0 aliphatic heterocycles. The summed E-state index contributed by atoms with van der Waals surface area (Å²) in [6.07, 6.45) is -0.417. The number of methoxy groups -OCH3 is 1. The van der Waals surface area contributed by atoms with Crippen molar-refractivity contribution in [3.8, 4) is 11.1 Å². The highest BCUT2D eigenvalue weighted by Crippen LogP contribution is 2.44. The van der Waals surface area contributed by atoms with Gasteiger partial charge in [-0.1, -0.05) is 78.9 Å². The van der Waals surface area contributed by atoms with Crippen molar-refractivity contribution in [2.75, 3.05) is 20.3 Å². The Labute approximate surface area is 198 Å². The van der Waals surface area contributed by atoms with Gasteiger partial charge in [-0.25, -0.2) is 9.59 Å². The zero-order valence-corrected chi connectivity index (χ0v) is 18.8. The molecule has 7 nitrogen and oxygen atoms in total. The number of fused-ring (bicyclic) bond motifs is 3. The minimum atomic E-state index is -0.857. The van der Waals surface area contributed by atoms with Gasteiger partial charge in [-0.3, -0.25) is 4.79 Å². The van der Waals surface area contributed by atoms with Crippen LogP contribution in [0.3, 0.4) is 0 Å². The molecule has 0 aromatic heterocycles. The average molecular weight is 459 g/mol. The second-order valence-corrected chi connectivity index (χ2v) is 8.01. The molecule has 1 atom stereocenters. The van der Waals surface area contributed by atoms with E-state index in [1.54, 1.807) is 0 Å². The lowest BCUT2D eigenvalue weighted by Crippen LogP contribution is -2.47. The van der Waals surface area contributed by atoms with E-state index in [4.69, 9.17) is 9.47 Å². The van der Waals surface area contributed by atoms with E-state index < -0.39 is 24.0 Å². The summed E-state index contributed by atoms with van der Waals surface area (Å²) in [5, 5.41) is 5.07. The van der Waals surface area contributed by atoms with Crippen LogP contribution in [0.25, 0.3) is 11.1 Å². The zero-order chi connectivity index (χ0) is 23.9. The van der Waals surface area contributed by atoms with Crippen molar-refractivity contribution in [2.24, 2.45) is 0 Å². The molecule has 0 unspecified atom stereocenters. The predicted octanol–water partition coefficient (Wildman–Crippen LogP) is 3.43. The van der Waals surface area contributed by atoms with Crippen molar-refractivity contribution in [2.45, 2.75) is 18.4 Å². The number of nitrogens with one attached hydrogen (secondary N) is 2. The number of benzene rings is 3. The first-order chi connectivity index (χ1) is 16.6. The fourth-order valence-corrected chi connectivity index (χ4v) is 4.23. The topological polar surface area (TPSA) is 93.7 Å². The van der Waals surface area contributed by atoms with E-state index in [0.717, 1.165) is 27.8 Å². The number of amides is 2. The SMILES string of the molecule is COC(=O)[C@@H](Cc1ccccc1)NC(=O)CNC(=O)OCC1c2ccccc2-c2ccccc21. The number of carbonyl (C=O) groups is 3. The highest BCUT2D eigenvalue weighted by Gasteiger charge is 2.29. The highest BCUT2D eigenvalue weighted by atomic mass is 16.5. The third-order valence-electron chi connectivity index (χ3n) is 5.84. The molecule has 0 fully saturated rings. The Morgan fingerprint density at radius 1 is 0.853 bits per heavy atom. The van der Waals surface area contributed by atoms with Crippen LogP contribution < -0.4 is 10.6 Å². The Hall–Kier alpha value is -4.13. The number of hydrogen-bond donors (Lipinski definition) is 2. The first kappa shape index (κ1) is 23.0. The van der Waals surface area contributed by atoms with Gasteiger partial charge in [0.1, 0.15) is 19.2 Å². The molecular formula is C27H26N2O5. The van der Waals surface area contributed by atoms with E-state index in [-0.39, 0.29) is 25.5 Å². The van der Waals surface area contributed by atoms with Crippen molar-refractivity contribution in [3.63, 3.8) is 0 Å². The molecule has 3 aromatic rings. The summed E-state index contributed by atoms with van der Waals surface area (Å²) in [4.78, 5) is 36.7.